The number of nitrogens with one attached hydrogen (secondary N) is 1. The van der Waals surface area contributed by atoms with Gasteiger partial charge in [0.15, 0.2) is 10.8 Å². The predicted octanol–water partition coefficient (Wildman–Crippen LogP) is 2.44. The number of hydrogen-bond acceptors (Lipinski definition) is 3. The zero-order valence-electron chi connectivity index (χ0n) is 9.87. The molecule has 1 amide bonds. The van der Waals surface area contributed by atoms with Gasteiger partial charge in [-0.05, 0) is 30.4 Å². The Labute approximate surface area is 106 Å². The molecule has 0 aliphatic heterocycles. The molecule has 1 aromatic heterocycles. The summed E-state index contributed by atoms with van der Waals surface area (Å²) < 4.78 is 0. The van der Waals surface area contributed by atoms with Crippen molar-refractivity contribution < 1.29 is 4.79 Å². The summed E-state index contributed by atoms with van der Waals surface area (Å²) in [4.78, 5) is 11.8. The molecule has 1 N–H and O–H groups in total. The molecule has 17 heavy (non-hydrogen) atoms. The Morgan fingerprint density at radius 3 is 2.71 bits per heavy atom. The van der Waals surface area contributed by atoms with Crippen LogP contribution in [0.5, 0.6) is 0 Å². The predicted molar refractivity (Wildman–Crippen MR) is 66.0 cm³/mol. The third kappa shape index (κ3) is 3.16. The highest BCUT2D eigenvalue weighted by Crippen LogP contribution is 2.36. The molecule has 1 aromatic rings. The summed E-state index contributed by atoms with van der Waals surface area (Å²) in [7, 11) is 0. The minimum atomic E-state index is -0.178. The summed E-state index contributed by atoms with van der Waals surface area (Å²) in [6, 6.07) is 3.16. The lowest BCUT2D eigenvalue weighted by Gasteiger charge is -2.23. The van der Waals surface area contributed by atoms with Gasteiger partial charge >= 0.3 is 0 Å². The summed E-state index contributed by atoms with van der Waals surface area (Å²) in [6.45, 7) is 2.92. The third-order valence-electron chi connectivity index (χ3n) is 3.35. The van der Waals surface area contributed by atoms with E-state index in [1.807, 2.05) is 0 Å². The van der Waals surface area contributed by atoms with Crippen molar-refractivity contribution in [1.29, 1.82) is 0 Å². The van der Waals surface area contributed by atoms with Gasteiger partial charge in [0, 0.05) is 6.54 Å². The zero-order chi connectivity index (χ0) is 12.3. The number of aromatic nitrogens is 2. The molecule has 0 radical (unpaired) electrons. The molecule has 0 aromatic carbocycles. The van der Waals surface area contributed by atoms with Crippen LogP contribution in [0.2, 0.25) is 5.15 Å². The van der Waals surface area contributed by atoms with E-state index < -0.39 is 0 Å². The van der Waals surface area contributed by atoms with Crippen LogP contribution in [0.3, 0.4) is 0 Å². The van der Waals surface area contributed by atoms with Crippen LogP contribution in [0, 0.1) is 5.41 Å². The fraction of sp³-hybridized carbons (Fsp3) is 0.583. The van der Waals surface area contributed by atoms with E-state index in [4.69, 9.17) is 11.6 Å². The van der Waals surface area contributed by atoms with Crippen LogP contribution < -0.4 is 5.32 Å². The topological polar surface area (TPSA) is 54.9 Å². The van der Waals surface area contributed by atoms with Crippen molar-refractivity contribution in [3.63, 3.8) is 0 Å². The molecule has 92 valence electrons. The molecule has 0 spiro atoms. The average Bonchev–Trinajstić information content (AvgIpc) is 2.75. The molecule has 1 heterocycles. The maximum absolute atomic E-state index is 11.8. The van der Waals surface area contributed by atoms with E-state index in [2.05, 4.69) is 22.4 Å². The highest BCUT2D eigenvalue weighted by molar-refractivity contribution is 6.29. The summed E-state index contributed by atoms with van der Waals surface area (Å²) in [6.07, 6.45) is 4.87. The van der Waals surface area contributed by atoms with E-state index in [9.17, 15) is 4.79 Å². The van der Waals surface area contributed by atoms with Gasteiger partial charge in [-0.25, -0.2) is 0 Å². The Morgan fingerprint density at radius 2 is 2.12 bits per heavy atom. The molecule has 1 saturated carbocycles. The monoisotopic (exact) mass is 253 g/mol. The van der Waals surface area contributed by atoms with Crippen molar-refractivity contribution in [1.82, 2.24) is 15.5 Å². The first-order valence-electron chi connectivity index (χ1n) is 5.87. The standard InChI is InChI=1S/C12H16ClN3O/c1-12(6-2-3-7-12)8-14-11(17)9-4-5-10(13)16-15-9/h4-5H,2-3,6-8H2,1H3,(H,14,17). The van der Waals surface area contributed by atoms with E-state index in [0.717, 1.165) is 0 Å². The molecule has 0 atom stereocenters. The lowest BCUT2D eigenvalue weighted by atomic mass is 9.89. The van der Waals surface area contributed by atoms with Crippen LogP contribution in [0.1, 0.15) is 43.1 Å². The second kappa shape index (κ2) is 5.00. The zero-order valence-corrected chi connectivity index (χ0v) is 10.6. The van der Waals surface area contributed by atoms with Crippen LogP contribution in [0.25, 0.3) is 0 Å². The number of halogens is 1. The first-order valence-corrected chi connectivity index (χ1v) is 6.24. The molecule has 1 aliphatic carbocycles. The number of nitrogens with zero attached hydrogens (tertiary/aromatic N) is 2. The molecule has 0 unspecified atom stereocenters. The van der Waals surface area contributed by atoms with Crippen molar-refractivity contribution in [2.75, 3.05) is 6.54 Å². The first kappa shape index (κ1) is 12.3. The first-order chi connectivity index (χ1) is 8.09. The van der Waals surface area contributed by atoms with E-state index in [-0.39, 0.29) is 11.3 Å². The minimum absolute atomic E-state index is 0.178. The van der Waals surface area contributed by atoms with Crippen LogP contribution >= 0.6 is 11.6 Å². The Kier molecular flexibility index (Phi) is 3.62. The number of carbonyl (C=O) groups excluding carboxylic acids is 1. The largest absolute Gasteiger partial charge is 0.350 e. The highest BCUT2D eigenvalue weighted by atomic mass is 35.5. The van der Waals surface area contributed by atoms with Gasteiger partial charge in [0.05, 0.1) is 0 Å². The minimum Gasteiger partial charge on any atom is -0.350 e. The molecular weight excluding hydrogens is 238 g/mol. The summed E-state index contributed by atoms with van der Waals surface area (Å²) >= 11 is 5.61. The number of carbonyl (C=O) groups is 1. The summed E-state index contributed by atoms with van der Waals surface area (Å²) in [5, 5.41) is 10.6. The maximum atomic E-state index is 11.8. The normalized spacial score (nSPS) is 18.0. The van der Waals surface area contributed by atoms with Gasteiger partial charge in [0.25, 0.3) is 5.91 Å². The molecule has 4 nitrogen and oxygen atoms in total. The lowest BCUT2D eigenvalue weighted by Crippen LogP contribution is -2.34. The molecule has 0 saturated heterocycles. The van der Waals surface area contributed by atoms with Crippen molar-refractivity contribution in [3.8, 4) is 0 Å². The summed E-state index contributed by atoms with van der Waals surface area (Å²) in [5.41, 5.74) is 0.561. The Balaban J connectivity index is 1.91. The van der Waals surface area contributed by atoms with Crippen LogP contribution in [-0.2, 0) is 0 Å². The maximum Gasteiger partial charge on any atom is 0.271 e. The van der Waals surface area contributed by atoms with Crippen molar-refractivity contribution in [2.45, 2.75) is 32.6 Å². The Morgan fingerprint density at radius 1 is 1.41 bits per heavy atom. The van der Waals surface area contributed by atoms with E-state index in [1.54, 1.807) is 12.1 Å². The second-order valence-corrected chi connectivity index (χ2v) is 5.33. The molecule has 2 rings (SSSR count). The van der Waals surface area contributed by atoms with Gasteiger partial charge in [-0.2, -0.15) is 0 Å². The molecule has 1 aliphatic rings. The highest BCUT2D eigenvalue weighted by Gasteiger charge is 2.29. The number of hydrogen-bond donors (Lipinski definition) is 1. The third-order valence-corrected chi connectivity index (χ3v) is 3.55. The van der Waals surface area contributed by atoms with Crippen LogP contribution in [0.15, 0.2) is 12.1 Å². The quantitative estimate of drug-likeness (QED) is 0.900. The van der Waals surface area contributed by atoms with Crippen LogP contribution in [0.4, 0.5) is 0 Å². The Hall–Kier alpha value is -1.16. The van der Waals surface area contributed by atoms with Gasteiger partial charge in [-0.15, -0.1) is 10.2 Å². The van der Waals surface area contributed by atoms with Crippen molar-refractivity contribution >= 4 is 17.5 Å². The van der Waals surface area contributed by atoms with E-state index >= 15 is 0 Å². The molecule has 5 heteroatoms. The van der Waals surface area contributed by atoms with Gasteiger partial charge < -0.3 is 5.32 Å². The molecule has 0 bridgehead atoms. The Bertz CT molecular complexity index is 399. The molecular formula is C12H16ClN3O. The number of amides is 1. The fourth-order valence-electron chi connectivity index (χ4n) is 2.23. The fourth-order valence-corrected chi connectivity index (χ4v) is 2.33. The van der Waals surface area contributed by atoms with Gasteiger partial charge in [-0.1, -0.05) is 31.4 Å². The molecule has 1 fully saturated rings. The number of rotatable bonds is 3. The van der Waals surface area contributed by atoms with Gasteiger partial charge in [-0.3, -0.25) is 4.79 Å². The van der Waals surface area contributed by atoms with Gasteiger partial charge in [0.2, 0.25) is 0 Å². The van der Waals surface area contributed by atoms with Gasteiger partial charge in [0.1, 0.15) is 0 Å². The lowest BCUT2D eigenvalue weighted by molar-refractivity contribution is 0.0928. The summed E-state index contributed by atoms with van der Waals surface area (Å²) in [5.74, 6) is -0.178. The second-order valence-electron chi connectivity index (χ2n) is 4.94. The van der Waals surface area contributed by atoms with Crippen LogP contribution in [-0.4, -0.2) is 22.6 Å². The SMILES string of the molecule is CC1(CNC(=O)c2ccc(Cl)nn2)CCCC1. The van der Waals surface area contributed by atoms with E-state index in [0.29, 0.717) is 17.4 Å². The smallest absolute Gasteiger partial charge is 0.271 e. The van der Waals surface area contributed by atoms with Crippen molar-refractivity contribution in [3.05, 3.63) is 23.0 Å². The average molecular weight is 254 g/mol. The van der Waals surface area contributed by atoms with E-state index in [1.165, 1.54) is 25.7 Å². The van der Waals surface area contributed by atoms with Crippen molar-refractivity contribution in [2.24, 2.45) is 5.41 Å².